The molecule has 1 aliphatic rings. The van der Waals surface area contributed by atoms with Crippen molar-refractivity contribution < 1.29 is 0 Å². The summed E-state index contributed by atoms with van der Waals surface area (Å²) in [6.07, 6.45) is 2.17. The first-order valence-corrected chi connectivity index (χ1v) is 8.68. The minimum Gasteiger partial charge on any atom is -0.311 e. The summed E-state index contributed by atoms with van der Waals surface area (Å²) in [7, 11) is 0. The monoisotopic (exact) mass is 328 g/mol. The Balaban J connectivity index is 1.98. The average Bonchev–Trinajstić information content (AvgIpc) is 2.46. The first-order chi connectivity index (χ1) is 10.0. The quantitative estimate of drug-likeness (QED) is 0.869. The van der Waals surface area contributed by atoms with Gasteiger partial charge in [-0.1, -0.05) is 50.0 Å². The molecular weight excluding hydrogens is 303 g/mol. The number of hydrogen-bond donors (Lipinski definition) is 1. The van der Waals surface area contributed by atoms with Crippen LogP contribution in [0.25, 0.3) is 0 Å². The highest BCUT2D eigenvalue weighted by Crippen LogP contribution is 2.22. The molecule has 1 N–H and O–H groups in total. The van der Waals surface area contributed by atoms with Gasteiger partial charge in [-0.25, -0.2) is 0 Å². The van der Waals surface area contributed by atoms with E-state index in [-0.39, 0.29) is 0 Å². The third kappa shape index (κ3) is 4.59. The van der Waals surface area contributed by atoms with Crippen LogP contribution < -0.4 is 5.32 Å². The Kier molecular flexibility index (Phi) is 6.36. The van der Waals surface area contributed by atoms with Gasteiger partial charge in [-0.15, -0.1) is 0 Å². The highest BCUT2D eigenvalue weighted by atomic mass is 35.5. The molecule has 1 aromatic rings. The molecule has 0 amide bonds. The summed E-state index contributed by atoms with van der Waals surface area (Å²) in [5, 5.41) is 5.17. The molecule has 1 aromatic carbocycles. The van der Waals surface area contributed by atoms with Crippen molar-refractivity contribution in [1.82, 2.24) is 10.2 Å². The molecule has 2 rings (SSSR count). The number of hydrogen-bond acceptors (Lipinski definition) is 2. The molecule has 2 unspecified atom stereocenters. The molecule has 118 valence electrons. The van der Waals surface area contributed by atoms with Gasteiger partial charge in [0, 0.05) is 41.8 Å². The van der Waals surface area contributed by atoms with Crippen LogP contribution in [0.3, 0.4) is 0 Å². The molecule has 0 aliphatic carbocycles. The van der Waals surface area contributed by atoms with Crippen molar-refractivity contribution >= 4 is 23.2 Å². The van der Waals surface area contributed by atoms with Crippen LogP contribution in [0.4, 0.5) is 0 Å². The molecule has 1 saturated heterocycles. The van der Waals surface area contributed by atoms with E-state index >= 15 is 0 Å². The van der Waals surface area contributed by atoms with Gasteiger partial charge in [-0.05, 0) is 36.5 Å². The highest BCUT2D eigenvalue weighted by Gasteiger charge is 2.27. The van der Waals surface area contributed by atoms with E-state index in [4.69, 9.17) is 23.2 Å². The number of halogens is 2. The first-order valence-electron chi connectivity index (χ1n) is 7.92. The van der Waals surface area contributed by atoms with Crippen LogP contribution in [0, 0.1) is 5.92 Å². The molecule has 0 spiro atoms. The Morgan fingerprint density at radius 3 is 2.71 bits per heavy atom. The lowest BCUT2D eigenvalue weighted by Crippen LogP contribution is -2.58. The highest BCUT2D eigenvalue weighted by molar-refractivity contribution is 6.35. The smallest absolute Gasteiger partial charge is 0.0453 e. The molecular formula is C17H26Cl2N2. The topological polar surface area (TPSA) is 15.3 Å². The van der Waals surface area contributed by atoms with Gasteiger partial charge in [0.1, 0.15) is 0 Å². The molecule has 1 aliphatic heterocycles. The molecule has 2 nitrogen and oxygen atoms in total. The maximum Gasteiger partial charge on any atom is 0.0453 e. The molecule has 0 bridgehead atoms. The molecule has 0 saturated carbocycles. The minimum absolute atomic E-state index is 0.591. The third-order valence-electron chi connectivity index (χ3n) is 4.52. The summed E-state index contributed by atoms with van der Waals surface area (Å²) >= 11 is 12.2. The zero-order chi connectivity index (χ0) is 15.4. The van der Waals surface area contributed by atoms with Crippen molar-refractivity contribution in [1.29, 1.82) is 0 Å². The van der Waals surface area contributed by atoms with E-state index in [0.29, 0.717) is 23.0 Å². The van der Waals surface area contributed by atoms with Crippen molar-refractivity contribution in [3.05, 3.63) is 33.8 Å². The Bertz CT molecular complexity index is 462. The number of benzene rings is 1. The molecule has 1 heterocycles. The van der Waals surface area contributed by atoms with E-state index in [1.165, 1.54) is 12.0 Å². The largest absolute Gasteiger partial charge is 0.311 e. The Hall–Kier alpha value is -0.280. The standard InChI is InChI=1S/C17H26Cl2N2/c1-4-15-10-20-17(12(2)3)11-21(15)8-7-13-5-6-14(18)9-16(13)19/h5-6,9,12,15,17,20H,4,7-8,10-11H2,1-3H3. The van der Waals surface area contributed by atoms with Crippen molar-refractivity contribution in [2.75, 3.05) is 19.6 Å². The van der Waals surface area contributed by atoms with Gasteiger partial charge in [-0.2, -0.15) is 0 Å². The van der Waals surface area contributed by atoms with Crippen LogP contribution in [0.1, 0.15) is 32.8 Å². The SMILES string of the molecule is CCC1CNC(C(C)C)CN1CCc1ccc(Cl)cc1Cl. The van der Waals surface area contributed by atoms with Crippen LogP contribution in [0.5, 0.6) is 0 Å². The van der Waals surface area contributed by atoms with Crippen LogP contribution in [0.2, 0.25) is 10.0 Å². The van der Waals surface area contributed by atoms with Gasteiger partial charge >= 0.3 is 0 Å². The van der Waals surface area contributed by atoms with Gasteiger partial charge in [0.25, 0.3) is 0 Å². The Morgan fingerprint density at radius 2 is 2.10 bits per heavy atom. The normalized spacial score (nSPS) is 23.7. The second-order valence-electron chi connectivity index (χ2n) is 6.30. The second kappa shape index (κ2) is 7.82. The first kappa shape index (κ1) is 17.1. The Labute approximate surface area is 138 Å². The van der Waals surface area contributed by atoms with Crippen molar-refractivity contribution in [3.63, 3.8) is 0 Å². The lowest BCUT2D eigenvalue weighted by molar-refractivity contribution is 0.112. The zero-order valence-electron chi connectivity index (χ0n) is 13.2. The zero-order valence-corrected chi connectivity index (χ0v) is 14.7. The van der Waals surface area contributed by atoms with E-state index in [0.717, 1.165) is 31.1 Å². The van der Waals surface area contributed by atoms with Crippen LogP contribution in [-0.4, -0.2) is 36.6 Å². The van der Waals surface area contributed by atoms with Crippen molar-refractivity contribution in [3.8, 4) is 0 Å². The second-order valence-corrected chi connectivity index (χ2v) is 7.15. The van der Waals surface area contributed by atoms with E-state index in [9.17, 15) is 0 Å². The molecule has 2 atom stereocenters. The summed E-state index contributed by atoms with van der Waals surface area (Å²) in [5.74, 6) is 0.671. The maximum atomic E-state index is 6.28. The van der Waals surface area contributed by atoms with E-state index in [2.05, 4.69) is 31.0 Å². The number of piperazine rings is 1. The van der Waals surface area contributed by atoms with Crippen LogP contribution in [-0.2, 0) is 6.42 Å². The van der Waals surface area contributed by atoms with Gasteiger partial charge in [0.15, 0.2) is 0 Å². The third-order valence-corrected chi connectivity index (χ3v) is 5.11. The lowest BCUT2D eigenvalue weighted by Gasteiger charge is -2.41. The Morgan fingerprint density at radius 1 is 1.33 bits per heavy atom. The van der Waals surface area contributed by atoms with Crippen LogP contribution >= 0.6 is 23.2 Å². The summed E-state index contributed by atoms with van der Waals surface area (Å²) in [5.41, 5.74) is 1.19. The van der Waals surface area contributed by atoms with E-state index in [1.807, 2.05) is 18.2 Å². The van der Waals surface area contributed by atoms with Crippen molar-refractivity contribution in [2.45, 2.75) is 45.7 Å². The number of nitrogens with zero attached hydrogens (tertiary/aromatic N) is 1. The fourth-order valence-electron chi connectivity index (χ4n) is 2.99. The number of rotatable bonds is 5. The molecule has 4 heteroatoms. The summed E-state index contributed by atoms with van der Waals surface area (Å²) in [6.45, 7) is 10.1. The maximum absolute atomic E-state index is 6.28. The lowest BCUT2D eigenvalue weighted by atomic mass is 9.98. The molecule has 1 fully saturated rings. The number of nitrogens with one attached hydrogen (secondary N) is 1. The predicted octanol–water partition coefficient (Wildman–Crippen LogP) is 4.24. The molecule has 0 aromatic heterocycles. The average molecular weight is 329 g/mol. The molecule has 21 heavy (non-hydrogen) atoms. The van der Waals surface area contributed by atoms with E-state index < -0.39 is 0 Å². The molecule has 0 radical (unpaired) electrons. The fraction of sp³-hybridized carbons (Fsp3) is 0.647. The van der Waals surface area contributed by atoms with Crippen LogP contribution in [0.15, 0.2) is 18.2 Å². The predicted molar refractivity (Wildman–Crippen MR) is 92.4 cm³/mol. The van der Waals surface area contributed by atoms with Gasteiger partial charge < -0.3 is 5.32 Å². The van der Waals surface area contributed by atoms with Gasteiger partial charge in [0.2, 0.25) is 0 Å². The summed E-state index contributed by atoms with van der Waals surface area (Å²) in [4.78, 5) is 2.62. The van der Waals surface area contributed by atoms with Gasteiger partial charge in [0.05, 0.1) is 0 Å². The fourth-order valence-corrected chi connectivity index (χ4v) is 3.50. The summed E-state index contributed by atoms with van der Waals surface area (Å²) < 4.78 is 0. The summed E-state index contributed by atoms with van der Waals surface area (Å²) in [6, 6.07) is 7.03. The van der Waals surface area contributed by atoms with Crippen molar-refractivity contribution in [2.24, 2.45) is 5.92 Å². The van der Waals surface area contributed by atoms with E-state index in [1.54, 1.807) is 0 Å². The van der Waals surface area contributed by atoms with Gasteiger partial charge in [-0.3, -0.25) is 4.90 Å². The minimum atomic E-state index is 0.591.